The summed E-state index contributed by atoms with van der Waals surface area (Å²) in [7, 11) is 2.01. The first kappa shape index (κ1) is 12.0. The fourth-order valence-corrected chi connectivity index (χ4v) is 1.68. The Kier molecular flexibility index (Phi) is 3.72. The monoisotopic (exact) mass is 209 g/mol. The summed E-state index contributed by atoms with van der Waals surface area (Å²) < 4.78 is 13.7. The number of halogens is 1. The molecule has 0 amide bonds. The Bertz CT molecular complexity index is 331. The minimum Gasteiger partial charge on any atom is -0.372 e. The lowest BCUT2D eigenvalue weighted by atomic mass is 9.99. The van der Waals surface area contributed by atoms with Crippen molar-refractivity contribution in [3.05, 3.63) is 29.6 Å². The van der Waals surface area contributed by atoms with Gasteiger partial charge in [0.1, 0.15) is 5.82 Å². The van der Waals surface area contributed by atoms with Crippen molar-refractivity contribution in [2.45, 2.75) is 39.7 Å². The molecule has 0 aliphatic heterocycles. The van der Waals surface area contributed by atoms with Gasteiger partial charge in [0.2, 0.25) is 0 Å². The van der Waals surface area contributed by atoms with E-state index in [0.29, 0.717) is 6.04 Å². The minimum absolute atomic E-state index is 0.102. The number of hydrogen-bond acceptors (Lipinski definition) is 1. The number of anilines is 1. The largest absolute Gasteiger partial charge is 0.372 e. The Morgan fingerprint density at radius 3 is 2.20 bits per heavy atom. The molecule has 1 nitrogen and oxygen atoms in total. The molecule has 0 atom stereocenters. The second kappa shape index (κ2) is 4.65. The molecule has 2 heteroatoms. The lowest BCUT2D eigenvalue weighted by Gasteiger charge is -2.27. The highest BCUT2D eigenvalue weighted by molar-refractivity contribution is 5.55. The summed E-state index contributed by atoms with van der Waals surface area (Å²) in [5.74, 6) is 0.109. The van der Waals surface area contributed by atoms with Crippen LogP contribution < -0.4 is 4.90 Å². The molecule has 84 valence electrons. The molecule has 0 radical (unpaired) electrons. The van der Waals surface area contributed by atoms with Crippen LogP contribution in [0.15, 0.2) is 18.2 Å². The second-order valence-corrected chi connectivity index (χ2v) is 4.53. The van der Waals surface area contributed by atoms with Gasteiger partial charge in [-0.25, -0.2) is 4.39 Å². The standard InChI is InChI=1S/C13H20FN/c1-9(2)13-11(14)7-6-8-12(13)15(5)10(3)4/h6-10H,1-5H3. The van der Waals surface area contributed by atoms with Crippen molar-refractivity contribution in [3.63, 3.8) is 0 Å². The van der Waals surface area contributed by atoms with E-state index < -0.39 is 0 Å². The van der Waals surface area contributed by atoms with Gasteiger partial charge in [-0.1, -0.05) is 19.9 Å². The molecule has 0 aromatic heterocycles. The van der Waals surface area contributed by atoms with Crippen molar-refractivity contribution in [2.75, 3.05) is 11.9 Å². The third-order valence-corrected chi connectivity index (χ3v) is 2.76. The van der Waals surface area contributed by atoms with Crippen LogP contribution in [-0.2, 0) is 0 Å². The maximum absolute atomic E-state index is 13.7. The third-order valence-electron chi connectivity index (χ3n) is 2.76. The molecule has 0 unspecified atom stereocenters. The van der Waals surface area contributed by atoms with Gasteiger partial charge in [0.05, 0.1) is 0 Å². The number of hydrogen-bond donors (Lipinski definition) is 0. The molecule has 0 N–H and O–H groups in total. The molecule has 0 aliphatic rings. The van der Waals surface area contributed by atoms with Crippen molar-refractivity contribution in [1.29, 1.82) is 0 Å². The van der Waals surface area contributed by atoms with Crippen LogP contribution in [0.4, 0.5) is 10.1 Å². The van der Waals surface area contributed by atoms with Gasteiger partial charge >= 0.3 is 0 Å². The van der Waals surface area contributed by atoms with E-state index >= 15 is 0 Å². The van der Waals surface area contributed by atoms with Crippen molar-refractivity contribution < 1.29 is 4.39 Å². The normalized spacial score (nSPS) is 11.2. The summed E-state index contributed by atoms with van der Waals surface area (Å²) >= 11 is 0. The fraction of sp³-hybridized carbons (Fsp3) is 0.538. The van der Waals surface area contributed by atoms with Crippen LogP contribution in [0.2, 0.25) is 0 Å². The topological polar surface area (TPSA) is 3.24 Å². The van der Waals surface area contributed by atoms with E-state index in [9.17, 15) is 4.39 Å². The van der Waals surface area contributed by atoms with Gasteiger partial charge in [-0.2, -0.15) is 0 Å². The Balaban J connectivity index is 3.22. The molecule has 0 saturated carbocycles. The van der Waals surface area contributed by atoms with E-state index in [1.54, 1.807) is 6.07 Å². The van der Waals surface area contributed by atoms with Gasteiger partial charge in [0, 0.05) is 24.3 Å². The summed E-state index contributed by atoms with van der Waals surface area (Å²) in [5, 5.41) is 0. The van der Waals surface area contributed by atoms with Gasteiger partial charge in [0.25, 0.3) is 0 Å². The van der Waals surface area contributed by atoms with Crippen LogP contribution in [0.3, 0.4) is 0 Å². The number of rotatable bonds is 3. The molecule has 1 aromatic rings. The third kappa shape index (κ3) is 2.49. The average molecular weight is 209 g/mol. The highest BCUT2D eigenvalue weighted by Gasteiger charge is 2.16. The molecular formula is C13H20FN. The van der Waals surface area contributed by atoms with E-state index in [1.807, 2.05) is 27.0 Å². The quantitative estimate of drug-likeness (QED) is 0.732. The Labute approximate surface area is 91.9 Å². The van der Waals surface area contributed by atoms with Crippen molar-refractivity contribution >= 4 is 5.69 Å². The maximum Gasteiger partial charge on any atom is 0.128 e. The molecule has 15 heavy (non-hydrogen) atoms. The smallest absolute Gasteiger partial charge is 0.128 e. The predicted molar refractivity (Wildman–Crippen MR) is 64.0 cm³/mol. The molecule has 0 fully saturated rings. The van der Waals surface area contributed by atoms with Gasteiger partial charge in [-0.15, -0.1) is 0 Å². The number of nitrogens with zero attached hydrogens (tertiary/aromatic N) is 1. The predicted octanol–water partition coefficient (Wildman–Crippen LogP) is 3.79. The minimum atomic E-state index is -0.102. The zero-order valence-corrected chi connectivity index (χ0v) is 10.2. The van der Waals surface area contributed by atoms with Gasteiger partial charge in [-0.3, -0.25) is 0 Å². The number of benzene rings is 1. The van der Waals surface area contributed by atoms with Crippen LogP contribution in [0.5, 0.6) is 0 Å². The Hall–Kier alpha value is -1.05. The summed E-state index contributed by atoms with van der Waals surface area (Å²) in [6.07, 6.45) is 0. The van der Waals surface area contributed by atoms with Crippen LogP contribution in [0.1, 0.15) is 39.2 Å². The van der Waals surface area contributed by atoms with Crippen LogP contribution >= 0.6 is 0 Å². The lowest BCUT2D eigenvalue weighted by molar-refractivity contribution is 0.595. The van der Waals surface area contributed by atoms with Crippen molar-refractivity contribution in [1.82, 2.24) is 0 Å². The van der Waals surface area contributed by atoms with Crippen LogP contribution in [0.25, 0.3) is 0 Å². The summed E-state index contributed by atoms with van der Waals surface area (Å²) in [6, 6.07) is 5.67. The van der Waals surface area contributed by atoms with Gasteiger partial charge in [-0.05, 0) is 31.9 Å². The lowest BCUT2D eigenvalue weighted by Crippen LogP contribution is -2.27. The molecule has 0 bridgehead atoms. The molecule has 0 spiro atoms. The van der Waals surface area contributed by atoms with Crippen LogP contribution in [-0.4, -0.2) is 13.1 Å². The first-order valence-corrected chi connectivity index (χ1v) is 5.46. The Morgan fingerprint density at radius 2 is 1.73 bits per heavy atom. The average Bonchev–Trinajstić information content (AvgIpc) is 2.15. The molecular weight excluding hydrogens is 189 g/mol. The van der Waals surface area contributed by atoms with E-state index in [1.165, 1.54) is 6.07 Å². The summed E-state index contributed by atoms with van der Waals surface area (Å²) in [4.78, 5) is 2.11. The molecule has 0 aliphatic carbocycles. The first-order valence-electron chi connectivity index (χ1n) is 5.46. The fourth-order valence-electron chi connectivity index (χ4n) is 1.68. The zero-order chi connectivity index (χ0) is 11.6. The van der Waals surface area contributed by atoms with Crippen LogP contribution in [0, 0.1) is 5.82 Å². The van der Waals surface area contributed by atoms with E-state index in [-0.39, 0.29) is 11.7 Å². The molecule has 0 saturated heterocycles. The van der Waals surface area contributed by atoms with E-state index in [2.05, 4.69) is 18.7 Å². The molecule has 1 rings (SSSR count). The molecule has 0 heterocycles. The highest BCUT2D eigenvalue weighted by Crippen LogP contribution is 2.30. The summed E-state index contributed by atoms with van der Waals surface area (Å²) in [5.41, 5.74) is 1.81. The first-order chi connectivity index (χ1) is 6.95. The highest BCUT2D eigenvalue weighted by atomic mass is 19.1. The second-order valence-electron chi connectivity index (χ2n) is 4.53. The van der Waals surface area contributed by atoms with Crippen molar-refractivity contribution in [3.8, 4) is 0 Å². The van der Waals surface area contributed by atoms with Crippen molar-refractivity contribution in [2.24, 2.45) is 0 Å². The SMILES string of the molecule is CC(C)c1c(F)cccc1N(C)C(C)C. The van der Waals surface area contributed by atoms with Gasteiger partial charge < -0.3 is 4.90 Å². The summed E-state index contributed by atoms with van der Waals surface area (Å²) in [6.45, 7) is 8.26. The Morgan fingerprint density at radius 1 is 1.13 bits per heavy atom. The van der Waals surface area contributed by atoms with E-state index in [4.69, 9.17) is 0 Å². The maximum atomic E-state index is 13.7. The molecule has 1 aromatic carbocycles. The zero-order valence-electron chi connectivity index (χ0n) is 10.2. The van der Waals surface area contributed by atoms with E-state index in [0.717, 1.165) is 11.3 Å². The van der Waals surface area contributed by atoms with Gasteiger partial charge in [0.15, 0.2) is 0 Å².